The smallest absolute Gasteiger partial charge is 0.135 e. The fourth-order valence-electron chi connectivity index (χ4n) is 11.2. The maximum atomic E-state index is 6.22. The van der Waals surface area contributed by atoms with E-state index < -0.39 is 0 Å². The van der Waals surface area contributed by atoms with Crippen molar-refractivity contribution in [3.63, 3.8) is 0 Å². The lowest BCUT2D eigenvalue weighted by Crippen LogP contribution is -2.57. The van der Waals surface area contributed by atoms with Crippen molar-refractivity contribution >= 4 is 60.7 Å². The van der Waals surface area contributed by atoms with Gasteiger partial charge in [0.1, 0.15) is 11.2 Å². The van der Waals surface area contributed by atoms with Gasteiger partial charge in [-0.05, 0) is 109 Å². The monoisotopic (exact) mass is 682 g/mol. The van der Waals surface area contributed by atoms with Crippen LogP contribution in [0.2, 0.25) is 0 Å². The molecule has 3 heteroatoms. The first-order valence-electron chi connectivity index (χ1n) is 18.9. The van der Waals surface area contributed by atoms with Crippen molar-refractivity contribution in [2.45, 2.75) is 44.1 Å². The Kier molecular flexibility index (Phi) is 5.39. The summed E-state index contributed by atoms with van der Waals surface area (Å²) in [5.74, 6) is 0.280. The van der Waals surface area contributed by atoms with E-state index in [2.05, 4.69) is 183 Å². The van der Waals surface area contributed by atoms with Crippen LogP contribution in [0, 0.1) is 5.92 Å². The molecule has 4 atom stereocenters. The zero-order valence-corrected chi connectivity index (χ0v) is 30.3. The standard InChI is InChI=1S/C50H38N2O/c1-30-25-26-48(2)38-16-8-11-19-43(38)52-42-18-10-6-15-35(42)39-29-49(3,46(30)47(48)50(39,52)4)31-21-23-41-36(27-31)33-13-5-9-17-40(33)51(41)32-22-24-45-37(28-32)34-14-7-12-20-44(34)53-45/h5-30H,1-4H3. The van der Waals surface area contributed by atoms with Crippen molar-refractivity contribution in [1.82, 2.24) is 4.57 Å². The van der Waals surface area contributed by atoms with Crippen LogP contribution < -0.4 is 4.90 Å². The van der Waals surface area contributed by atoms with Gasteiger partial charge < -0.3 is 13.9 Å². The van der Waals surface area contributed by atoms with Crippen LogP contribution >= 0.6 is 0 Å². The molecule has 0 bridgehead atoms. The van der Waals surface area contributed by atoms with E-state index in [0.717, 1.165) is 27.6 Å². The SMILES string of the molecule is CC1C=CC2(C)C3=C1C(C)(c1ccc4c(c1)c1ccccc1n4-c1ccc4oc5ccccc5c4c1)C=C1c4ccccc4N(c4ccccc42)C13C. The van der Waals surface area contributed by atoms with Gasteiger partial charge in [0, 0.05) is 55.0 Å². The maximum absolute atomic E-state index is 6.22. The minimum atomic E-state index is -0.336. The van der Waals surface area contributed by atoms with E-state index in [-0.39, 0.29) is 22.3 Å². The molecule has 6 aromatic carbocycles. The lowest BCUT2D eigenvalue weighted by atomic mass is 9.51. The molecular weight excluding hydrogens is 645 g/mol. The van der Waals surface area contributed by atoms with Crippen LogP contribution in [0.5, 0.6) is 0 Å². The minimum absolute atomic E-state index is 0.234. The van der Waals surface area contributed by atoms with Crippen molar-refractivity contribution in [3.8, 4) is 5.69 Å². The van der Waals surface area contributed by atoms with Gasteiger partial charge in [0.15, 0.2) is 0 Å². The first-order chi connectivity index (χ1) is 25.8. The summed E-state index contributed by atoms with van der Waals surface area (Å²) in [4.78, 5) is 2.66. The molecule has 53 heavy (non-hydrogen) atoms. The number of fused-ring (bicyclic) bond motifs is 12. The van der Waals surface area contributed by atoms with Crippen molar-refractivity contribution in [3.05, 3.63) is 180 Å². The molecule has 0 saturated heterocycles. The molecule has 0 fully saturated rings. The number of nitrogens with zero attached hydrogens (tertiary/aromatic N) is 2. The van der Waals surface area contributed by atoms with Gasteiger partial charge in [-0.2, -0.15) is 0 Å². The maximum Gasteiger partial charge on any atom is 0.135 e. The third-order valence-electron chi connectivity index (χ3n) is 13.4. The van der Waals surface area contributed by atoms with E-state index in [4.69, 9.17) is 4.42 Å². The third-order valence-corrected chi connectivity index (χ3v) is 13.4. The Labute approximate surface area is 308 Å². The molecule has 0 saturated carbocycles. The third kappa shape index (κ3) is 3.42. The fourth-order valence-corrected chi connectivity index (χ4v) is 11.2. The number of hydrogen-bond donors (Lipinski definition) is 0. The van der Waals surface area contributed by atoms with Crippen molar-refractivity contribution in [1.29, 1.82) is 0 Å². The van der Waals surface area contributed by atoms with E-state index in [9.17, 15) is 0 Å². The average Bonchev–Trinajstić information content (AvgIpc) is 3.81. The predicted octanol–water partition coefficient (Wildman–Crippen LogP) is 12.7. The molecule has 4 unspecified atom stereocenters. The van der Waals surface area contributed by atoms with E-state index in [1.807, 2.05) is 6.07 Å². The highest BCUT2D eigenvalue weighted by Crippen LogP contribution is 2.69. The fraction of sp³-hybridized carbons (Fsp3) is 0.160. The summed E-state index contributed by atoms with van der Waals surface area (Å²) < 4.78 is 8.66. The summed E-state index contributed by atoms with van der Waals surface area (Å²) in [5, 5.41) is 4.83. The first-order valence-corrected chi connectivity index (χ1v) is 18.9. The summed E-state index contributed by atoms with van der Waals surface area (Å²) in [6, 6.07) is 49.3. The van der Waals surface area contributed by atoms with Crippen molar-refractivity contribution < 1.29 is 4.42 Å². The predicted molar refractivity (Wildman–Crippen MR) is 219 cm³/mol. The van der Waals surface area contributed by atoms with E-state index >= 15 is 0 Å². The number of para-hydroxylation sites is 4. The molecule has 254 valence electrons. The number of allylic oxidation sites excluding steroid dienone is 4. The topological polar surface area (TPSA) is 21.3 Å². The number of benzene rings is 6. The number of rotatable bonds is 2. The molecule has 0 radical (unpaired) electrons. The van der Waals surface area contributed by atoms with Crippen molar-refractivity contribution in [2.75, 3.05) is 4.90 Å². The van der Waals surface area contributed by atoms with Crippen LogP contribution in [0.25, 0.3) is 55.0 Å². The minimum Gasteiger partial charge on any atom is -0.456 e. The molecule has 0 N–H and O–H groups in total. The number of aromatic nitrogens is 1. The van der Waals surface area contributed by atoms with Crippen LogP contribution in [-0.2, 0) is 10.8 Å². The van der Waals surface area contributed by atoms with Gasteiger partial charge in [-0.25, -0.2) is 0 Å². The number of anilines is 2. The number of hydrogen-bond acceptors (Lipinski definition) is 2. The molecule has 12 rings (SSSR count). The van der Waals surface area contributed by atoms with Crippen LogP contribution in [-0.4, -0.2) is 10.1 Å². The van der Waals surface area contributed by atoms with Gasteiger partial charge in [-0.15, -0.1) is 0 Å². The molecule has 8 aromatic rings. The van der Waals surface area contributed by atoms with Gasteiger partial charge in [0.25, 0.3) is 0 Å². The zero-order chi connectivity index (χ0) is 35.4. The van der Waals surface area contributed by atoms with E-state index in [1.54, 1.807) is 0 Å². The normalized spacial score (nSPS) is 25.3. The number of furan rings is 1. The second kappa shape index (κ2) is 9.67. The molecule has 0 spiro atoms. The van der Waals surface area contributed by atoms with Crippen molar-refractivity contribution in [2.24, 2.45) is 5.92 Å². The Bertz CT molecular complexity index is 3040. The second-order valence-corrected chi connectivity index (χ2v) is 16.2. The highest BCUT2D eigenvalue weighted by Gasteiger charge is 2.62. The van der Waals surface area contributed by atoms with Crippen LogP contribution in [0.1, 0.15) is 44.4 Å². The Morgan fingerprint density at radius 2 is 1.32 bits per heavy atom. The molecular formula is C50H38N2O. The molecule has 2 aromatic heterocycles. The van der Waals surface area contributed by atoms with Gasteiger partial charge in [-0.3, -0.25) is 0 Å². The van der Waals surface area contributed by atoms with Crippen LogP contribution in [0.3, 0.4) is 0 Å². The Hall–Kier alpha value is -6.06. The van der Waals surface area contributed by atoms with E-state index in [0.29, 0.717) is 0 Å². The summed E-state index contributed by atoms with van der Waals surface area (Å²) in [5.41, 5.74) is 15.7. The zero-order valence-electron chi connectivity index (χ0n) is 30.3. The Morgan fingerprint density at radius 3 is 2.21 bits per heavy atom. The van der Waals surface area contributed by atoms with E-state index in [1.165, 1.54) is 66.6 Å². The molecule has 4 heterocycles. The lowest BCUT2D eigenvalue weighted by Gasteiger charge is -2.59. The highest BCUT2D eigenvalue weighted by atomic mass is 16.3. The quantitative estimate of drug-likeness (QED) is 0.169. The summed E-state index contributed by atoms with van der Waals surface area (Å²) >= 11 is 0. The summed E-state index contributed by atoms with van der Waals surface area (Å²) in [7, 11) is 0. The molecule has 4 aliphatic rings. The largest absolute Gasteiger partial charge is 0.456 e. The molecule has 2 aliphatic heterocycles. The summed E-state index contributed by atoms with van der Waals surface area (Å²) in [6.07, 6.45) is 7.64. The lowest BCUT2D eigenvalue weighted by molar-refractivity contribution is 0.457. The second-order valence-electron chi connectivity index (χ2n) is 16.2. The van der Waals surface area contributed by atoms with Gasteiger partial charge >= 0.3 is 0 Å². The first kappa shape index (κ1) is 29.5. The molecule has 2 aliphatic carbocycles. The molecule has 0 amide bonds. The van der Waals surface area contributed by atoms with Crippen LogP contribution in [0.4, 0.5) is 11.4 Å². The average molecular weight is 683 g/mol. The Balaban J connectivity index is 1.13. The molecule has 3 nitrogen and oxygen atoms in total. The Morgan fingerprint density at radius 1 is 0.604 bits per heavy atom. The summed E-state index contributed by atoms with van der Waals surface area (Å²) in [6.45, 7) is 9.86. The van der Waals surface area contributed by atoms with Crippen LogP contribution in [0.15, 0.2) is 167 Å². The van der Waals surface area contributed by atoms with Gasteiger partial charge in [0.05, 0.1) is 16.6 Å². The highest BCUT2D eigenvalue weighted by molar-refractivity contribution is 6.11. The van der Waals surface area contributed by atoms with Gasteiger partial charge in [-0.1, -0.05) is 104 Å². The van der Waals surface area contributed by atoms with Gasteiger partial charge in [0.2, 0.25) is 0 Å².